The molecule has 21 heavy (non-hydrogen) atoms. The number of ether oxygens (including phenoxy) is 1. The number of likely N-dealkylation sites (N-methyl/N-ethyl adjacent to an activating group) is 1. The predicted molar refractivity (Wildman–Crippen MR) is 81.4 cm³/mol. The molecule has 0 radical (unpaired) electrons. The fourth-order valence-electron chi connectivity index (χ4n) is 1.96. The van der Waals surface area contributed by atoms with Gasteiger partial charge in [0.05, 0.1) is 11.5 Å². The van der Waals surface area contributed by atoms with E-state index in [1.54, 1.807) is 13.8 Å². The van der Waals surface area contributed by atoms with E-state index in [-0.39, 0.29) is 34.1 Å². The summed E-state index contributed by atoms with van der Waals surface area (Å²) in [5, 5.41) is 13.8. The van der Waals surface area contributed by atoms with Gasteiger partial charge in [0, 0.05) is 32.8 Å². The Kier molecular flexibility index (Phi) is 6.08. The van der Waals surface area contributed by atoms with Gasteiger partial charge in [-0.05, 0) is 6.92 Å². The highest BCUT2D eigenvalue weighted by atomic mass is 32.2. The van der Waals surface area contributed by atoms with Crippen molar-refractivity contribution in [3.8, 4) is 0 Å². The van der Waals surface area contributed by atoms with Crippen molar-refractivity contribution >= 4 is 32.0 Å². The first-order chi connectivity index (χ1) is 9.79. The van der Waals surface area contributed by atoms with Crippen molar-refractivity contribution in [3.05, 3.63) is 16.2 Å². The van der Waals surface area contributed by atoms with Crippen LogP contribution in [0.5, 0.6) is 0 Å². The van der Waals surface area contributed by atoms with E-state index < -0.39 is 14.9 Å². The van der Waals surface area contributed by atoms with Gasteiger partial charge in [0.25, 0.3) is 10.0 Å². The van der Waals surface area contributed by atoms with Crippen LogP contribution >= 0.6 is 11.3 Å². The molecule has 0 saturated heterocycles. The maximum absolute atomic E-state index is 12.6. The average Bonchev–Trinajstić information content (AvgIpc) is 2.84. The fraction of sp³-hybridized carbons (Fsp3) is 0.636. The van der Waals surface area contributed by atoms with Gasteiger partial charge in [0.2, 0.25) is 0 Å². The van der Waals surface area contributed by atoms with E-state index in [1.807, 2.05) is 0 Å². The van der Waals surface area contributed by atoms with E-state index in [4.69, 9.17) is 4.74 Å². The Balaban J connectivity index is 3.26. The van der Waals surface area contributed by atoms with Crippen LogP contribution in [0.4, 0.5) is 10.7 Å². The number of hydrogen-bond donors (Lipinski definition) is 1. The molecule has 0 spiro atoms. The summed E-state index contributed by atoms with van der Waals surface area (Å²) in [6.45, 7) is 3.95. The number of rotatable bonds is 8. The summed E-state index contributed by atoms with van der Waals surface area (Å²) in [5.41, 5.74) is -0.239. The van der Waals surface area contributed by atoms with Gasteiger partial charge in [-0.3, -0.25) is 10.1 Å². The molecular weight excluding hydrogens is 318 g/mol. The zero-order valence-electron chi connectivity index (χ0n) is 12.3. The molecule has 0 aliphatic heterocycles. The molecule has 1 unspecified atom stereocenters. The van der Waals surface area contributed by atoms with Crippen LogP contribution in [0.25, 0.3) is 0 Å². The molecule has 1 aromatic heterocycles. The van der Waals surface area contributed by atoms with E-state index in [2.05, 4.69) is 5.32 Å². The third kappa shape index (κ3) is 3.70. The first-order valence-corrected chi connectivity index (χ1v) is 8.52. The number of anilines is 1. The summed E-state index contributed by atoms with van der Waals surface area (Å²) in [6, 6.07) is 0.734. The van der Waals surface area contributed by atoms with Gasteiger partial charge >= 0.3 is 5.69 Å². The molecule has 8 nitrogen and oxygen atoms in total. The van der Waals surface area contributed by atoms with Crippen LogP contribution in [0.2, 0.25) is 0 Å². The number of sulfonamides is 1. The molecule has 1 aromatic rings. The van der Waals surface area contributed by atoms with Crippen molar-refractivity contribution in [2.24, 2.45) is 0 Å². The third-order valence-electron chi connectivity index (χ3n) is 2.89. The number of methoxy groups -OCH3 is 1. The second-order valence-electron chi connectivity index (χ2n) is 4.30. The highest BCUT2D eigenvalue weighted by Gasteiger charge is 2.32. The van der Waals surface area contributed by atoms with E-state index >= 15 is 0 Å². The molecule has 10 heteroatoms. The Labute approximate surface area is 127 Å². The number of nitrogens with one attached hydrogen (secondary N) is 1. The molecule has 0 aliphatic rings. The van der Waals surface area contributed by atoms with E-state index in [1.165, 1.54) is 18.5 Å². The molecule has 0 bridgehead atoms. The summed E-state index contributed by atoms with van der Waals surface area (Å²) < 4.78 is 31.4. The Morgan fingerprint density at radius 3 is 2.57 bits per heavy atom. The zero-order valence-corrected chi connectivity index (χ0v) is 14.0. The van der Waals surface area contributed by atoms with Crippen LogP contribution in [-0.4, -0.2) is 51.0 Å². The van der Waals surface area contributed by atoms with Crippen molar-refractivity contribution in [2.45, 2.75) is 24.1 Å². The molecule has 1 rings (SSSR count). The van der Waals surface area contributed by atoms with Gasteiger partial charge in [-0.15, -0.1) is 0 Å². The van der Waals surface area contributed by atoms with Crippen LogP contribution in [0.1, 0.15) is 13.8 Å². The lowest BCUT2D eigenvalue weighted by Crippen LogP contribution is -2.40. The van der Waals surface area contributed by atoms with Crippen molar-refractivity contribution < 1.29 is 18.1 Å². The van der Waals surface area contributed by atoms with Gasteiger partial charge in [-0.2, -0.15) is 4.31 Å². The molecule has 0 fully saturated rings. The molecular formula is C11H19N3O5S2. The molecule has 0 aliphatic carbocycles. The number of hydrogen-bond acceptors (Lipinski definition) is 7. The monoisotopic (exact) mass is 337 g/mol. The van der Waals surface area contributed by atoms with Gasteiger partial charge < -0.3 is 10.1 Å². The Morgan fingerprint density at radius 1 is 1.57 bits per heavy atom. The second-order valence-corrected chi connectivity index (χ2v) is 7.47. The number of thiophene rings is 1. The minimum absolute atomic E-state index is 0.0525. The van der Waals surface area contributed by atoms with Crippen molar-refractivity contribution in [1.29, 1.82) is 0 Å². The lowest BCUT2D eigenvalue weighted by Gasteiger charge is -2.25. The molecule has 1 N–H and O–H groups in total. The van der Waals surface area contributed by atoms with Crippen molar-refractivity contribution in [1.82, 2.24) is 4.31 Å². The highest BCUT2D eigenvalue weighted by Crippen LogP contribution is 2.38. The van der Waals surface area contributed by atoms with Gasteiger partial charge in [0.1, 0.15) is 4.21 Å². The third-order valence-corrected chi connectivity index (χ3v) is 6.57. The first kappa shape index (κ1) is 17.8. The Hall–Kier alpha value is -1.23. The van der Waals surface area contributed by atoms with E-state index in [0.717, 1.165) is 17.4 Å². The molecule has 1 atom stereocenters. The highest BCUT2D eigenvalue weighted by molar-refractivity contribution is 7.91. The maximum Gasteiger partial charge on any atom is 0.304 e. The summed E-state index contributed by atoms with van der Waals surface area (Å²) in [4.78, 5) is 10.3. The van der Waals surface area contributed by atoms with Crippen LogP contribution in [0, 0.1) is 10.1 Å². The maximum atomic E-state index is 12.6. The van der Waals surface area contributed by atoms with E-state index in [9.17, 15) is 18.5 Å². The molecule has 1 heterocycles. The number of nitrogens with zero attached hydrogens (tertiary/aromatic N) is 2. The average molecular weight is 337 g/mol. The van der Waals surface area contributed by atoms with Crippen LogP contribution in [-0.2, 0) is 14.8 Å². The van der Waals surface area contributed by atoms with Crippen LogP contribution < -0.4 is 5.32 Å². The summed E-state index contributed by atoms with van der Waals surface area (Å²) in [6.07, 6.45) is 0. The Bertz CT molecular complexity index is 599. The lowest BCUT2D eigenvalue weighted by atomic mass is 10.4. The van der Waals surface area contributed by atoms with E-state index in [0.29, 0.717) is 0 Å². The smallest absolute Gasteiger partial charge is 0.304 e. The van der Waals surface area contributed by atoms with Crippen molar-refractivity contribution in [3.63, 3.8) is 0 Å². The van der Waals surface area contributed by atoms with Crippen LogP contribution in [0.15, 0.2) is 10.3 Å². The zero-order chi connectivity index (χ0) is 16.2. The topological polar surface area (TPSA) is 102 Å². The summed E-state index contributed by atoms with van der Waals surface area (Å²) >= 11 is 0.851. The van der Waals surface area contributed by atoms with Gasteiger partial charge in [0.15, 0.2) is 5.00 Å². The van der Waals surface area contributed by atoms with Gasteiger partial charge in [-0.25, -0.2) is 8.42 Å². The molecule has 0 amide bonds. The first-order valence-electron chi connectivity index (χ1n) is 6.26. The molecule has 0 saturated carbocycles. The normalized spacial score (nSPS) is 13.4. The summed E-state index contributed by atoms with van der Waals surface area (Å²) in [5.74, 6) is 0. The van der Waals surface area contributed by atoms with Gasteiger partial charge in [-0.1, -0.05) is 18.3 Å². The fourth-order valence-corrected chi connectivity index (χ4v) is 5.00. The number of nitro groups is 1. The van der Waals surface area contributed by atoms with Crippen LogP contribution in [0.3, 0.4) is 0 Å². The van der Waals surface area contributed by atoms with Crippen molar-refractivity contribution in [2.75, 3.05) is 32.6 Å². The SMILES string of the molecule is CCN(C(C)COC)S(=O)(=O)c1cc([N+](=O)[O-])c(NC)s1. The predicted octanol–water partition coefficient (Wildman–Crippen LogP) is 1.74. The molecule has 0 aromatic carbocycles. The summed E-state index contributed by atoms with van der Waals surface area (Å²) in [7, 11) is -0.784. The second kappa shape index (κ2) is 7.16. The molecule has 120 valence electrons. The largest absolute Gasteiger partial charge is 0.383 e. The lowest BCUT2D eigenvalue weighted by molar-refractivity contribution is -0.383. The minimum Gasteiger partial charge on any atom is -0.383 e. The minimum atomic E-state index is -3.79. The standard InChI is InChI=1S/C11H19N3O5S2/c1-5-13(8(2)7-19-4)21(17,18)10-6-9(14(15)16)11(12-3)20-10/h6,8,12H,5,7H2,1-4H3. The Morgan fingerprint density at radius 2 is 2.19 bits per heavy atom. The quantitative estimate of drug-likeness (QED) is 0.573.